The van der Waals surface area contributed by atoms with E-state index in [-0.39, 0.29) is 6.61 Å². The average Bonchev–Trinajstić information content (AvgIpc) is 3.05. The standard InChI is InChI=1S/C19H17F2N5O/c1-3-4-14(6-5-13(2)20)17-10-23-19-24-15(11-26(19)25-17)12-27-16-7-8-22-18(21)9-16/h4-11H,2-3,12H2,1H3/b6-5-,14-4+. The number of hydrogen-bond donors (Lipinski definition) is 0. The summed E-state index contributed by atoms with van der Waals surface area (Å²) in [5, 5.41) is 4.46. The highest BCUT2D eigenvalue weighted by atomic mass is 19.1. The number of rotatable bonds is 7. The minimum Gasteiger partial charge on any atom is -0.487 e. The van der Waals surface area contributed by atoms with Gasteiger partial charge in [0, 0.05) is 12.3 Å². The van der Waals surface area contributed by atoms with E-state index >= 15 is 0 Å². The number of allylic oxidation sites excluding steroid dienone is 5. The van der Waals surface area contributed by atoms with E-state index in [9.17, 15) is 8.78 Å². The Bertz CT molecular complexity index is 1030. The lowest BCUT2D eigenvalue weighted by Gasteiger charge is -2.02. The Morgan fingerprint density at radius 3 is 2.93 bits per heavy atom. The molecule has 0 fully saturated rings. The number of imidazole rings is 1. The van der Waals surface area contributed by atoms with Gasteiger partial charge in [0.05, 0.1) is 12.4 Å². The fraction of sp³-hybridized carbons (Fsp3) is 0.158. The van der Waals surface area contributed by atoms with Gasteiger partial charge in [-0.2, -0.15) is 9.49 Å². The summed E-state index contributed by atoms with van der Waals surface area (Å²) in [7, 11) is 0. The fourth-order valence-corrected chi connectivity index (χ4v) is 2.32. The van der Waals surface area contributed by atoms with Crippen LogP contribution in [0.4, 0.5) is 8.78 Å². The van der Waals surface area contributed by atoms with E-state index in [1.807, 2.05) is 13.0 Å². The molecule has 3 aromatic rings. The van der Waals surface area contributed by atoms with Gasteiger partial charge in [-0.25, -0.2) is 23.9 Å². The van der Waals surface area contributed by atoms with Crippen molar-refractivity contribution in [3.05, 3.63) is 78.7 Å². The minimum absolute atomic E-state index is 0.128. The molecule has 6 nitrogen and oxygen atoms in total. The van der Waals surface area contributed by atoms with Gasteiger partial charge in [0.15, 0.2) is 0 Å². The zero-order valence-electron chi connectivity index (χ0n) is 14.6. The molecule has 0 amide bonds. The summed E-state index contributed by atoms with van der Waals surface area (Å²) in [6.07, 6.45) is 10.1. The van der Waals surface area contributed by atoms with E-state index in [0.717, 1.165) is 12.0 Å². The monoisotopic (exact) mass is 369 g/mol. The van der Waals surface area contributed by atoms with Crippen LogP contribution >= 0.6 is 0 Å². The third kappa shape index (κ3) is 4.81. The summed E-state index contributed by atoms with van der Waals surface area (Å²) in [6, 6.07) is 2.75. The number of fused-ring (bicyclic) bond motifs is 1. The normalized spacial score (nSPS) is 12.0. The van der Waals surface area contributed by atoms with Gasteiger partial charge in [-0.1, -0.05) is 25.7 Å². The van der Waals surface area contributed by atoms with Crippen LogP contribution in [0.2, 0.25) is 0 Å². The van der Waals surface area contributed by atoms with E-state index < -0.39 is 11.8 Å². The first-order valence-corrected chi connectivity index (χ1v) is 8.24. The van der Waals surface area contributed by atoms with Crippen LogP contribution in [0.5, 0.6) is 5.75 Å². The van der Waals surface area contributed by atoms with Crippen molar-refractivity contribution in [2.24, 2.45) is 0 Å². The van der Waals surface area contributed by atoms with Crippen molar-refractivity contribution in [2.45, 2.75) is 20.0 Å². The lowest BCUT2D eigenvalue weighted by molar-refractivity contribution is 0.299. The number of nitrogens with zero attached hydrogens (tertiary/aromatic N) is 5. The van der Waals surface area contributed by atoms with Gasteiger partial charge in [-0.3, -0.25) is 0 Å². The molecule has 0 aliphatic carbocycles. The number of halogens is 2. The quantitative estimate of drug-likeness (QED) is 0.464. The highest BCUT2D eigenvalue weighted by molar-refractivity contribution is 5.71. The summed E-state index contributed by atoms with van der Waals surface area (Å²) in [6.45, 7) is 5.31. The molecule has 0 aliphatic rings. The van der Waals surface area contributed by atoms with Crippen molar-refractivity contribution in [3.8, 4) is 5.75 Å². The molecular formula is C19H17F2N5O. The van der Waals surface area contributed by atoms with Crippen LogP contribution in [-0.2, 0) is 6.61 Å². The maximum Gasteiger partial charge on any atom is 0.251 e. The van der Waals surface area contributed by atoms with Gasteiger partial charge in [0.1, 0.15) is 29.6 Å². The van der Waals surface area contributed by atoms with Crippen LogP contribution in [0.15, 0.2) is 61.4 Å². The number of aromatic nitrogens is 5. The zero-order chi connectivity index (χ0) is 19.2. The van der Waals surface area contributed by atoms with Crippen molar-refractivity contribution >= 4 is 11.4 Å². The summed E-state index contributed by atoms with van der Waals surface area (Å²) in [4.78, 5) is 12.1. The van der Waals surface area contributed by atoms with Crippen LogP contribution in [0.25, 0.3) is 11.4 Å². The van der Waals surface area contributed by atoms with Crippen LogP contribution < -0.4 is 4.74 Å². The van der Waals surface area contributed by atoms with Gasteiger partial charge >= 0.3 is 0 Å². The molecular weight excluding hydrogens is 352 g/mol. The molecule has 3 aromatic heterocycles. The Morgan fingerprint density at radius 2 is 2.19 bits per heavy atom. The first kappa shape index (κ1) is 18.4. The van der Waals surface area contributed by atoms with Crippen LogP contribution in [0, 0.1) is 5.95 Å². The molecule has 0 bridgehead atoms. The summed E-state index contributed by atoms with van der Waals surface area (Å²) >= 11 is 0. The van der Waals surface area contributed by atoms with E-state index in [4.69, 9.17) is 4.74 Å². The Labute approximate surface area is 154 Å². The van der Waals surface area contributed by atoms with Crippen molar-refractivity contribution < 1.29 is 13.5 Å². The lowest BCUT2D eigenvalue weighted by Crippen LogP contribution is -1.98. The molecule has 3 heterocycles. The lowest BCUT2D eigenvalue weighted by atomic mass is 10.1. The Morgan fingerprint density at radius 1 is 1.33 bits per heavy atom. The van der Waals surface area contributed by atoms with Crippen molar-refractivity contribution in [2.75, 3.05) is 0 Å². The molecule has 0 radical (unpaired) electrons. The van der Waals surface area contributed by atoms with Crippen molar-refractivity contribution in [1.82, 2.24) is 24.6 Å². The van der Waals surface area contributed by atoms with E-state index in [1.165, 1.54) is 22.9 Å². The molecule has 0 spiro atoms. The van der Waals surface area contributed by atoms with Crippen molar-refractivity contribution in [1.29, 1.82) is 0 Å². The summed E-state index contributed by atoms with van der Waals surface area (Å²) in [5.74, 6) is -0.408. The predicted octanol–water partition coefficient (Wildman–Crippen LogP) is 4.07. The minimum atomic E-state index is -0.616. The predicted molar refractivity (Wildman–Crippen MR) is 97.0 cm³/mol. The van der Waals surface area contributed by atoms with Gasteiger partial charge in [0.2, 0.25) is 5.95 Å². The molecule has 0 aliphatic heterocycles. The Hall–Kier alpha value is -3.42. The van der Waals surface area contributed by atoms with Gasteiger partial charge in [-0.15, -0.1) is 0 Å². The van der Waals surface area contributed by atoms with Gasteiger partial charge < -0.3 is 4.74 Å². The number of pyridine rings is 1. The molecule has 0 unspecified atom stereocenters. The van der Waals surface area contributed by atoms with E-state index in [0.29, 0.717) is 22.9 Å². The van der Waals surface area contributed by atoms with E-state index in [1.54, 1.807) is 24.5 Å². The van der Waals surface area contributed by atoms with Crippen LogP contribution in [-0.4, -0.2) is 24.6 Å². The first-order valence-electron chi connectivity index (χ1n) is 8.24. The highest BCUT2D eigenvalue weighted by Crippen LogP contribution is 2.16. The molecule has 0 N–H and O–H groups in total. The highest BCUT2D eigenvalue weighted by Gasteiger charge is 2.08. The molecule has 0 aromatic carbocycles. The molecule has 0 saturated carbocycles. The molecule has 8 heteroatoms. The molecule has 3 rings (SSSR count). The second kappa shape index (κ2) is 8.31. The van der Waals surface area contributed by atoms with E-state index in [2.05, 4.69) is 26.6 Å². The Balaban J connectivity index is 1.81. The molecule has 0 atom stereocenters. The number of hydrogen-bond acceptors (Lipinski definition) is 5. The SMILES string of the molecule is C=C(F)/C=C\C(=C/CC)c1cnc2nc(COc3ccnc(F)c3)cn2n1. The van der Waals surface area contributed by atoms with Crippen LogP contribution in [0.1, 0.15) is 24.7 Å². The van der Waals surface area contributed by atoms with Gasteiger partial charge in [0.25, 0.3) is 5.78 Å². The third-order valence-corrected chi connectivity index (χ3v) is 3.49. The average molecular weight is 369 g/mol. The summed E-state index contributed by atoms with van der Waals surface area (Å²) < 4.78 is 33.0. The second-order valence-corrected chi connectivity index (χ2v) is 5.57. The molecule has 0 saturated heterocycles. The van der Waals surface area contributed by atoms with Crippen LogP contribution in [0.3, 0.4) is 0 Å². The second-order valence-electron chi connectivity index (χ2n) is 5.57. The van der Waals surface area contributed by atoms with Gasteiger partial charge in [-0.05, 0) is 24.1 Å². The maximum atomic E-state index is 13.1. The fourth-order valence-electron chi connectivity index (χ4n) is 2.32. The summed E-state index contributed by atoms with van der Waals surface area (Å²) in [5.41, 5.74) is 1.88. The maximum absolute atomic E-state index is 13.1. The van der Waals surface area contributed by atoms with Crippen molar-refractivity contribution in [3.63, 3.8) is 0 Å². The third-order valence-electron chi connectivity index (χ3n) is 3.49. The number of ether oxygens (including phenoxy) is 1. The zero-order valence-corrected chi connectivity index (χ0v) is 14.6. The topological polar surface area (TPSA) is 65.2 Å². The Kier molecular flexibility index (Phi) is 5.65. The molecule has 138 valence electrons. The largest absolute Gasteiger partial charge is 0.487 e. The smallest absolute Gasteiger partial charge is 0.251 e. The first-order chi connectivity index (χ1) is 13.0. The molecule has 27 heavy (non-hydrogen) atoms.